The first kappa shape index (κ1) is 31.3. The summed E-state index contributed by atoms with van der Waals surface area (Å²) in [7, 11) is 3.08. The van der Waals surface area contributed by atoms with Crippen LogP contribution in [0.25, 0.3) is 0 Å². The van der Waals surface area contributed by atoms with Gasteiger partial charge in [-0.15, -0.1) is 0 Å². The zero-order chi connectivity index (χ0) is 31.3. The van der Waals surface area contributed by atoms with Crippen LogP contribution in [0.15, 0.2) is 60.7 Å². The molecule has 0 bridgehead atoms. The van der Waals surface area contributed by atoms with Gasteiger partial charge in [0.25, 0.3) is 6.43 Å². The molecule has 1 amide bonds. The van der Waals surface area contributed by atoms with Gasteiger partial charge in [0.15, 0.2) is 6.61 Å². The summed E-state index contributed by atoms with van der Waals surface area (Å²) in [6.07, 6.45) is -0.715. The monoisotopic (exact) mass is 621 g/mol. The molecule has 0 N–H and O–H groups in total. The molecule has 45 heavy (non-hydrogen) atoms. The Balaban J connectivity index is 1.37. The van der Waals surface area contributed by atoms with E-state index in [2.05, 4.69) is 68.3 Å². The van der Waals surface area contributed by atoms with Gasteiger partial charge in [-0.25, -0.2) is 8.78 Å². The maximum atomic E-state index is 13.3. The molecule has 1 aliphatic carbocycles. The minimum absolute atomic E-state index is 0.0260. The molecule has 6 rings (SSSR count). The van der Waals surface area contributed by atoms with Gasteiger partial charge in [0, 0.05) is 70.3 Å². The van der Waals surface area contributed by atoms with E-state index in [1.807, 2.05) is 17.0 Å². The van der Waals surface area contributed by atoms with Gasteiger partial charge in [-0.1, -0.05) is 60.7 Å². The first-order chi connectivity index (χ1) is 21.9. The topological polar surface area (TPSA) is 80.3 Å². The van der Waals surface area contributed by atoms with E-state index in [1.54, 1.807) is 7.11 Å². The number of hydrogen-bond donors (Lipinski definition) is 0. The Morgan fingerprint density at radius 3 is 2.18 bits per heavy atom. The highest BCUT2D eigenvalue weighted by atomic mass is 19.3. The predicted molar refractivity (Wildman–Crippen MR) is 165 cm³/mol. The number of nitrogens with zero attached hydrogens (tertiary/aromatic N) is 5. The number of benzene rings is 2. The molecule has 0 unspecified atom stereocenters. The molecule has 2 saturated heterocycles. The van der Waals surface area contributed by atoms with Gasteiger partial charge >= 0.3 is 0 Å². The van der Waals surface area contributed by atoms with E-state index in [9.17, 15) is 13.6 Å². The van der Waals surface area contributed by atoms with Crippen molar-refractivity contribution in [2.24, 2.45) is 0 Å². The van der Waals surface area contributed by atoms with Crippen LogP contribution >= 0.6 is 0 Å². The van der Waals surface area contributed by atoms with Crippen LogP contribution < -0.4 is 9.47 Å². The van der Waals surface area contributed by atoms with Crippen molar-refractivity contribution >= 4 is 5.91 Å². The summed E-state index contributed by atoms with van der Waals surface area (Å²) < 4.78 is 43.1. The summed E-state index contributed by atoms with van der Waals surface area (Å²) in [5, 5.41) is 0. The van der Waals surface area contributed by atoms with Crippen molar-refractivity contribution in [3.8, 4) is 11.8 Å². The predicted octanol–water partition coefficient (Wildman–Crippen LogP) is 4.18. The Labute approximate surface area is 263 Å². The average Bonchev–Trinajstić information content (AvgIpc) is 3.91. The van der Waals surface area contributed by atoms with Gasteiger partial charge in [0.1, 0.15) is 12.4 Å². The Morgan fingerprint density at radius 2 is 1.58 bits per heavy atom. The summed E-state index contributed by atoms with van der Waals surface area (Å²) in [6.45, 7) is 2.93. The van der Waals surface area contributed by atoms with Crippen molar-refractivity contribution in [3.63, 3.8) is 0 Å². The molecule has 3 aliphatic rings. The van der Waals surface area contributed by atoms with Crippen LogP contribution in [0.2, 0.25) is 0 Å². The molecule has 3 heterocycles. The number of amides is 1. The number of halogens is 2. The standard InChI is InChI=1S/C34H41F2N5O4/c1-43-22-30(42)40-15-16-41-26(18-40)17-39(20-28(41)31(23-9-5-3-6-10-23)24-11-7-4-8-12-24)19-27-33(44-2)37-32(25-13-14-25)38-34(27)45-21-29(35)36/h3-12,25-26,28-29,31H,13-22H2,1-2H3/t26-,28+/m1/s1. The van der Waals surface area contributed by atoms with Gasteiger partial charge in [0.05, 0.1) is 12.7 Å². The van der Waals surface area contributed by atoms with Crippen LogP contribution in [-0.2, 0) is 16.1 Å². The average molecular weight is 622 g/mol. The van der Waals surface area contributed by atoms with Crippen molar-refractivity contribution in [1.29, 1.82) is 0 Å². The molecular formula is C34H41F2N5O4. The Kier molecular flexibility index (Phi) is 9.87. The summed E-state index contributed by atoms with van der Waals surface area (Å²) in [4.78, 5) is 29.0. The number of ether oxygens (including phenoxy) is 3. The molecule has 11 heteroatoms. The number of rotatable bonds is 12. The molecule has 1 saturated carbocycles. The van der Waals surface area contributed by atoms with E-state index >= 15 is 0 Å². The molecule has 1 aromatic heterocycles. The largest absolute Gasteiger partial charge is 0.481 e. The van der Waals surface area contributed by atoms with Crippen molar-refractivity contribution in [2.75, 3.05) is 60.2 Å². The third-order valence-corrected chi connectivity index (χ3v) is 9.00. The van der Waals surface area contributed by atoms with Crippen LogP contribution in [0.5, 0.6) is 11.8 Å². The van der Waals surface area contributed by atoms with E-state index in [1.165, 1.54) is 18.2 Å². The second kappa shape index (κ2) is 14.2. The van der Waals surface area contributed by atoms with Gasteiger partial charge in [-0.05, 0) is 24.0 Å². The highest BCUT2D eigenvalue weighted by Gasteiger charge is 2.43. The third kappa shape index (κ3) is 7.26. The molecule has 2 aliphatic heterocycles. The van der Waals surface area contributed by atoms with E-state index in [0.717, 1.165) is 19.4 Å². The van der Waals surface area contributed by atoms with E-state index in [-0.39, 0.29) is 42.3 Å². The second-order valence-electron chi connectivity index (χ2n) is 12.1. The van der Waals surface area contributed by atoms with Crippen LogP contribution in [0.1, 0.15) is 47.2 Å². The van der Waals surface area contributed by atoms with E-state index in [0.29, 0.717) is 50.0 Å². The molecule has 9 nitrogen and oxygen atoms in total. The summed E-state index contributed by atoms with van der Waals surface area (Å²) in [5.74, 6) is 1.33. The SMILES string of the molecule is COCC(=O)N1CCN2[C@H](CN(Cc3c(OC)nc(C4CC4)nc3OCC(F)F)C[C@H]2C(c2ccccc2)c2ccccc2)C1. The maximum Gasteiger partial charge on any atom is 0.272 e. The lowest BCUT2D eigenvalue weighted by molar-refractivity contribution is -0.140. The Bertz CT molecular complexity index is 1390. The fraction of sp³-hybridized carbons (Fsp3) is 0.500. The number of carbonyl (C=O) groups is 1. The lowest BCUT2D eigenvalue weighted by Gasteiger charge is -2.53. The zero-order valence-electron chi connectivity index (χ0n) is 25.9. The molecular weight excluding hydrogens is 580 g/mol. The fourth-order valence-electron chi connectivity index (χ4n) is 6.81. The minimum Gasteiger partial charge on any atom is -0.481 e. The van der Waals surface area contributed by atoms with Crippen LogP contribution in [0.4, 0.5) is 8.78 Å². The first-order valence-corrected chi connectivity index (χ1v) is 15.7. The lowest BCUT2D eigenvalue weighted by Crippen LogP contribution is -2.67. The summed E-state index contributed by atoms with van der Waals surface area (Å²) >= 11 is 0. The first-order valence-electron chi connectivity index (χ1n) is 15.7. The summed E-state index contributed by atoms with van der Waals surface area (Å²) in [6, 6.07) is 21.1. The van der Waals surface area contributed by atoms with Crippen molar-refractivity contribution in [3.05, 3.63) is 83.2 Å². The summed E-state index contributed by atoms with van der Waals surface area (Å²) in [5.41, 5.74) is 2.99. The van der Waals surface area contributed by atoms with Crippen molar-refractivity contribution in [2.45, 2.75) is 49.7 Å². The molecule has 3 aromatic rings. The van der Waals surface area contributed by atoms with Crippen molar-refractivity contribution < 1.29 is 27.8 Å². The van der Waals surface area contributed by atoms with Crippen LogP contribution in [0.3, 0.4) is 0 Å². The van der Waals surface area contributed by atoms with Gasteiger partial charge < -0.3 is 19.1 Å². The maximum absolute atomic E-state index is 13.3. The highest BCUT2D eigenvalue weighted by Crippen LogP contribution is 2.41. The minimum atomic E-state index is -2.63. The number of methoxy groups -OCH3 is 2. The number of fused-ring (bicyclic) bond motifs is 1. The normalized spacial score (nSPS) is 20.8. The van der Waals surface area contributed by atoms with E-state index in [4.69, 9.17) is 14.2 Å². The Morgan fingerprint density at radius 1 is 0.911 bits per heavy atom. The zero-order valence-corrected chi connectivity index (χ0v) is 25.9. The Hall–Kier alpha value is -3.67. The number of alkyl halides is 2. The lowest BCUT2D eigenvalue weighted by atomic mass is 9.81. The molecule has 240 valence electrons. The van der Waals surface area contributed by atoms with Crippen molar-refractivity contribution in [1.82, 2.24) is 24.7 Å². The highest BCUT2D eigenvalue weighted by molar-refractivity contribution is 5.77. The van der Waals surface area contributed by atoms with Crippen LogP contribution in [0, 0.1) is 0 Å². The fourth-order valence-corrected chi connectivity index (χ4v) is 6.81. The molecule has 3 fully saturated rings. The van der Waals surface area contributed by atoms with Gasteiger partial charge in [-0.2, -0.15) is 9.97 Å². The number of carbonyl (C=O) groups excluding carboxylic acids is 1. The van der Waals surface area contributed by atoms with E-state index < -0.39 is 13.0 Å². The molecule has 0 spiro atoms. The molecule has 0 radical (unpaired) electrons. The molecule has 2 atom stereocenters. The molecule has 2 aromatic carbocycles. The number of aromatic nitrogens is 2. The quantitative estimate of drug-likeness (QED) is 0.298. The smallest absolute Gasteiger partial charge is 0.272 e. The number of piperazine rings is 2. The third-order valence-electron chi connectivity index (χ3n) is 9.00. The van der Waals surface area contributed by atoms with Gasteiger partial charge in [0.2, 0.25) is 17.7 Å². The van der Waals surface area contributed by atoms with Gasteiger partial charge in [-0.3, -0.25) is 14.6 Å². The number of hydrogen-bond acceptors (Lipinski definition) is 8. The second-order valence-corrected chi connectivity index (χ2v) is 12.1. The van der Waals surface area contributed by atoms with Crippen LogP contribution in [-0.4, -0.2) is 109 Å².